The molecule has 0 saturated carbocycles. The number of aryl methyl sites for hydroxylation is 2. The predicted octanol–water partition coefficient (Wildman–Crippen LogP) is 5.67. The number of ether oxygens (including phenoxy) is 1. The molecule has 2 aromatic heterocycles. The molecule has 4 rings (SSSR count). The molecule has 0 aliphatic rings. The number of fused-ring (bicyclic) bond motifs is 1. The second kappa shape index (κ2) is 8.51. The zero-order valence-corrected chi connectivity index (χ0v) is 18.2. The number of nitrogens with zero attached hydrogens (tertiary/aromatic N) is 3. The van der Waals surface area contributed by atoms with Crippen LogP contribution < -0.4 is 10.2 Å². The number of hydrogen-bond acceptors (Lipinski definition) is 4. The first kappa shape index (κ1) is 21.6. The number of benzene rings is 2. The maximum absolute atomic E-state index is 15.3. The lowest BCUT2D eigenvalue weighted by atomic mass is 10.0. The average molecular weight is 454 g/mol. The van der Waals surface area contributed by atoms with E-state index in [0.29, 0.717) is 17.0 Å². The smallest absolute Gasteiger partial charge is 0.218 e. The highest BCUT2D eigenvalue weighted by molar-refractivity contribution is 6.30. The third kappa shape index (κ3) is 3.99. The molecular weight excluding hydrogens is 436 g/mol. The molecule has 4 aromatic rings. The molecule has 0 bridgehead atoms. The van der Waals surface area contributed by atoms with Gasteiger partial charge in [0, 0.05) is 17.3 Å². The van der Waals surface area contributed by atoms with Gasteiger partial charge in [-0.2, -0.15) is 5.10 Å². The second-order valence-corrected chi connectivity index (χ2v) is 7.70. The van der Waals surface area contributed by atoms with Crippen LogP contribution in [-0.4, -0.2) is 21.9 Å². The van der Waals surface area contributed by atoms with Gasteiger partial charge in [0.15, 0.2) is 11.5 Å². The predicted molar refractivity (Wildman–Crippen MR) is 122 cm³/mol. The van der Waals surface area contributed by atoms with Gasteiger partial charge in [0.05, 0.1) is 18.0 Å². The summed E-state index contributed by atoms with van der Waals surface area (Å²) in [6.45, 7) is 3.71. The standard InChI is InChI=1S/C24H18ClF2N3O2/c1-13-8-17-21(9-14(13)2)30(20-5-4-16(25)12-18(20)26)29-23(24(17)31)19(27)10-15-6-7-28-22(11-15)32-3/h4-12H,1-3H3/b19-10-. The molecule has 0 N–H and O–H groups in total. The van der Waals surface area contributed by atoms with Gasteiger partial charge in [0.25, 0.3) is 0 Å². The third-order valence-corrected chi connectivity index (χ3v) is 5.36. The summed E-state index contributed by atoms with van der Waals surface area (Å²) >= 11 is 5.89. The SMILES string of the molecule is COc1cc(/C=C(\F)c2nn(-c3ccc(Cl)cc3F)c3cc(C)c(C)cc3c2=O)ccn1. The topological polar surface area (TPSA) is 57.0 Å². The minimum absolute atomic E-state index is 0.0438. The fourth-order valence-corrected chi connectivity index (χ4v) is 3.48. The number of hydrogen-bond donors (Lipinski definition) is 0. The Labute approximate surface area is 187 Å². The van der Waals surface area contributed by atoms with Crippen LogP contribution in [0.2, 0.25) is 5.02 Å². The van der Waals surface area contributed by atoms with Crippen molar-refractivity contribution in [2.24, 2.45) is 0 Å². The summed E-state index contributed by atoms with van der Waals surface area (Å²) in [5.74, 6) is -1.22. The Morgan fingerprint density at radius 2 is 1.88 bits per heavy atom. The molecule has 0 aliphatic carbocycles. The molecule has 2 heterocycles. The van der Waals surface area contributed by atoms with Crippen molar-refractivity contribution >= 4 is 34.4 Å². The van der Waals surface area contributed by atoms with Gasteiger partial charge >= 0.3 is 0 Å². The van der Waals surface area contributed by atoms with Crippen LogP contribution in [0.5, 0.6) is 5.88 Å². The Bertz CT molecular complexity index is 1450. The number of methoxy groups -OCH3 is 1. The van der Waals surface area contributed by atoms with Crippen LogP contribution in [0.1, 0.15) is 22.4 Å². The molecule has 0 unspecified atom stereocenters. The van der Waals surface area contributed by atoms with Crippen molar-refractivity contribution in [3.8, 4) is 11.6 Å². The minimum Gasteiger partial charge on any atom is -0.481 e. The van der Waals surface area contributed by atoms with Gasteiger partial charge in [-0.15, -0.1) is 0 Å². The Hall–Kier alpha value is -3.58. The van der Waals surface area contributed by atoms with Crippen molar-refractivity contribution < 1.29 is 13.5 Å². The van der Waals surface area contributed by atoms with E-state index >= 15 is 4.39 Å². The number of halogens is 3. The number of pyridine rings is 1. The Balaban J connectivity index is 2.01. The molecule has 0 saturated heterocycles. The Morgan fingerprint density at radius 1 is 1.12 bits per heavy atom. The molecule has 0 aliphatic heterocycles. The van der Waals surface area contributed by atoms with Crippen LogP contribution in [-0.2, 0) is 0 Å². The molecule has 0 amide bonds. The summed E-state index contributed by atoms with van der Waals surface area (Å²) in [5, 5.41) is 4.64. The van der Waals surface area contributed by atoms with Crippen molar-refractivity contribution in [2.75, 3.05) is 7.11 Å². The summed E-state index contributed by atoms with van der Waals surface area (Å²) < 4.78 is 36.3. The van der Waals surface area contributed by atoms with Gasteiger partial charge in [0.2, 0.25) is 11.3 Å². The highest BCUT2D eigenvalue weighted by atomic mass is 35.5. The second-order valence-electron chi connectivity index (χ2n) is 7.26. The van der Waals surface area contributed by atoms with E-state index in [1.807, 2.05) is 13.8 Å². The first-order valence-electron chi connectivity index (χ1n) is 9.66. The van der Waals surface area contributed by atoms with Crippen LogP contribution in [0.4, 0.5) is 8.78 Å². The lowest BCUT2D eigenvalue weighted by Crippen LogP contribution is -2.18. The summed E-state index contributed by atoms with van der Waals surface area (Å²) in [6, 6.07) is 10.5. The van der Waals surface area contributed by atoms with Gasteiger partial charge in [-0.05, 0) is 73.0 Å². The Kier molecular flexibility index (Phi) is 5.76. The monoisotopic (exact) mass is 453 g/mol. The summed E-state index contributed by atoms with van der Waals surface area (Å²) in [7, 11) is 1.45. The number of rotatable bonds is 4. The van der Waals surface area contributed by atoms with Gasteiger partial charge in [0.1, 0.15) is 11.5 Å². The van der Waals surface area contributed by atoms with E-state index in [1.54, 1.807) is 18.2 Å². The number of aromatic nitrogens is 3. The van der Waals surface area contributed by atoms with Crippen LogP contribution in [0.15, 0.2) is 53.5 Å². The van der Waals surface area contributed by atoms with Gasteiger partial charge in [-0.1, -0.05) is 11.6 Å². The average Bonchev–Trinajstić information content (AvgIpc) is 2.76. The van der Waals surface area contributed by atoms with E-state index in [9.17, 15) is 9.18 Å². The van der Waals surface area contributed by atoms with E-state index in [0.717, 1.165) is 23.3 Å². The van der Waals surface area contributed by atoms with Crippen molar-refractivity contribution in [1.29, 1.82) is 0 Å². The molecule has 32 heavy (non-hydrogen) atoms. The third-order valence-electron chi connectivity index (χ3n) is 5.13. The van der Waals surface area contributed by atoms with Crippen molar-refractivity contribution in [2.45, 2.75) is 13.8 Å². The zero-order chi connectivity index (χ0) is 23.0. The van der Waals surface area contributed by atoms with Crippen LogP contribution in [0.3, 0.4) is 0 Å². The normalized spacial score (nSPS) is 11.8. The zero-order valence-electron chi connectivity index (χ0n) is 17.5. The quantitative estimate of drug-likeness (QED) is 0.399. The van der Waals surface area contributed by atoms with Gasteiger partial charge < -0.3 is 4.74 Å². The highest BCUT2D eigenvalue weighted by Crippen LogP contribution is 2.26. The van der Waals surface area contributed by atoms with E-state index in [4.69, 9.17) is 16.3 Å². The maximum Gasteiger partial charge on any atom is 0.218 e. The fraction of sp³-hybridized carbons (Fsp3) is 0.125. The fourth-order valence-electron chi connectivity index (χ4n) is 3.32. The van der Waals surface area contributed by atoms with Crippen LogP contribution in [0.25, 0.3) is 28.5 Å². The van der Waals surface area contributed by atoms with Crippen LogP contribution >= 0.6 is 11.6 Å². The molecule has 162 valence electrons. The van der Waals surface area contributed by atoms with Gasteiger partial charge in [-0.25, -0.2) is 18.4 Å². The van der Waals surface area contributed by atoms with E-state index in [-0.39, 0.29) is 16.1 Å². The van der Waals surface area contributed by atoms with Crippen molar-refractivity contribution in [3.05, 3.63) is 92.1 Å². The molecule has 0 radical (unpaired) electrons. The lowest BCUT2D eigenvalue weighted by molar-refractivity contribution is 0.398. The molecule has 2 aromatic carbocycles. The first-order chi connectivity index (χ1) is 15.3. The maximum atomic E-state index is 15.3. The first-order valence-corrected chi connectivity index (χ1v) is 10.0. The van der Waals surface area contributed by atoms with Crippen LogP contribution in [0, 0.1) is 19.7 Å². The summed E-state index contributed by atoms with van der Waals surface area (Å²) in [5.41, 5.74) is 1.53. The molecule has 0 atom stereocenters. The largest absolute Gasteiger partial charge is 0.481 e. The summed E-state index contributed by atoms with van der Waals surface area (Å²) in [4.78, 5) is 17.1. The Morgan fingerprint density at radius 3 is 2.59 bits per heavy atom. The molecule has 0 fully saturated rings. The molecule has 8 heteroatoms. The van der Waals surface area contributed by atoms with Crippen molar-refractivity contribution in [3.63, 3.8) is 0 Å². The highest BCUT2D eigenvalue weighted by Gasteiger charge is 2.18. The summed E-state index contributed by atoms with van der Waals surface area (Å²) in [6.07, 6.45) is 2.61. The van der Waals surface area contributed by atoms with E-state index in [2.05, 4.69) is 10.1 Å². The van der Waals surface area contributed by atoms with Crippen molar-refractivity contribution in [1.82, 2.24) is 14.8 Å². The molecular formula is C24H18ClF2N3O2. The molecule has 5 nitrogen and oxygen atoms in total. The molecule has 0 spiro atoms. The van der Waals surface area contributed by atoms with E-state index in [1.165, 1.54) is 36.2 Å². The lowest BCUT2D eigenvalue weighted by Gasteiger charge is -2.14. The van der Waals surface area contributed by atoms with Gasteiger partial charge in [-0.3, -0.25) is 4.79 Å². The minimum atomic E-state index is -0.869. The van der Waals surface area contributed by atoms with E-state index < -0.39 is 22.8 Å².